The first-order valence-electron chi connectivity index (χ1n) is 10.4. The van der Waals surface area contributed by atoms with Gasteiger partial charge in [0.15, 0.2) is 5.96 Å². The van der Waals surface area contributed by atoms with Crippen molar-refractivity contribution >= 4 is 11.6 Å². The number of hydrogen-bond acceptors (Lipinski definition) is 4. The zero-order chi connectivity index (χ0) is 21.5. The third-order valence-corrected chi connectivity index (χ3v) is 5.25. The molecule has 1 fully saturated rings. The Labute approximate surface area is 182 Å². The first-order valence-corrected chi connectivity index (χ1v) is 10.4. The fourth-order valence-electron chi connectivity index (χ4n) is 3.55. The number of aliphatic imine (C=N–C) groups is 1. The number of phenolic OH excluding ortho intramolecular Hbond substituents is 1. The van der Waals surface area contributed by atoms with Crippen LogP contribution in [0.15, 0.2) is 77.8 Å². The van der Waals surface area contributed by atoms with E-state index in [1.54, 1.807) is 13.2 Å². The minimum absolute atomic E-state index is 0.179. The molecule has 2 N–H and O–H groups in total. The average molecular weight is 418 g/mol. The third kappa shape index (κ3) is 5.16. The maximum Gasteiger partial charge on any atom is 0.199 e. The number of benzene rings is 3. The zero-order valence-electron chi connectivity index (χ0n) is 17.6. The number of para-hydroxylation sites is 1. The molecule has 0 radical (unpaired) electrons. The fraction of sp³-hybridized carbons (Fsp3) is 0.240. The molecule has 0 aromatic heterocycles. The van der Waals surface area contributed by atoms with E-state index >= 15 is 0 Å². The van der Waals surface area contributed by atoms with Crippen LogP contribution in [0.5, 0.6) is 11.5 Å². The predicted octanol–water partition coefficient (Wildman–Crippen LogP) is 4.37. The van der Waals surface area contributed by atoms with Gasteiger partial charge in [-0.25, -0.2) is 4.99 Å². The zero-order valence-corrected chi connectivity index (χ0v) is 17.6. The van der Waals surface area contributed by atoms with Crippen molar-refractivity contribution in [2.45, 2.75) is 6.54 Å². The van der Waals surface area contributed by atoms with Crippen LogP contribution in [0.1, 0.15) is 5.56 Å². The smallest absolute Gasteiger partial charge is 0.199 e. The van der Waals surface area contributed by atoms with Crippen molar-refractivity contribution in [1.29, 1.82) is 0 Å². The highest BCUT2D eigenvalue weighted by molar-refractivity contribution is 5.96. The number of nitrogens with one attached hydrogen (secondary N) is 1. The van der Waals surface area contributed by atoms with Crippen LogP contribution < -0.4 is 10.1 Å². The Balaban J connectivity index is 1.63. The van der Waals surface area contributed by atoms with Gasteiger partial charge in [-0.05, 0) is 29.3 Å². The molecular formula is C25H27N3O3. The Morgan fingerprint density at radius 1 is 1.00 bits per heavy atom. The SMILES string of the molecule is COc1ccccc1CN=C(Nc1cc(-c2ccccc2)ccc1O)N1CCOCC1. The molecule has 3 aromatic carbocycles. The Bertz CT molecular complexity index is 1030. The summed E-state index contributed by atoms with van der Waals surface area (Å²) in [4.78, 5) is 7.00. The van der Waals surface area contributed by atoms with Crippen molar-refractivity contribution in [3.63, 3.8) is 0 Å². The first kappa shape index (κ1) is 20.8. The lowest BCUT2D eigenvalue weighted by Gasteiger charge is -2.30. The van der Waals surface area contributed by atoms with E-state index in [-0.39, 0.29) is 5.75 Å². The van der Waals surface area contributed by atoms with Gasteiger partial charge in [-0.15, -0.1) is 0 Å². The molecule has 31 heavy (non-hydrogen) atoms. The summed E-state index contributed by atoms with van der Waals surface area (Å²) < 4.78 is 11.0. The molecule has 1 aliphatic heterocycles. The third-order valence-electron chi connectivity index (χ3n) is 5.25. The van der Waals surface area contributed by atoms with Gasteiger partial charge in [0.25, 0.3) is 0 Å². The maximum atomic E-state index is 10.5. The number of rotatable bonds is 5. The van der Waals surface area contributed by atoms with Gasteiger partial charge in [0.1, 0.15) is 11.5 Å². The fourth-order valence-corrected chi connectivity index (χ4v) is 3.55. The monoisotopic (exact) mass is 417 g/mol. The quantitative estimate of drug-likeness (QED) is 0.367. The molecule has 0 amide bonds. The van der Waals surface area contributed by atoms with Crippen LogP contribution in [0.3, 0.4) is 0 Å². The van der Waals surface area contributed by atoms with Gasteiger partial charge in [0, 0.05) is 18.7 Å². The predicted molar refractivity (Wildman–Crippen MR) is 124 cm³/mol. The van der Waals surface area contributed by atoms with Gasteiger partial charge < -0.3 is 24.8 Å². The number of aromatic hydroxyl groups is 1. The van der Waals surface area contributed by atoms with E-state index in [0.717, 1.165) is 35.5 Å². The second-order valence-electron chi connectivity index (χ2n) is 7.27. The average Bonchev–Trinajstić information content (AvgIpc) is 2.84. The Kier molecular flexibility index (Phi) is 6.69. The lowest BCUT2D eigenvalue weighted by atomic mass is 10.0. The van der Waals surface area contributed by atoms with Crippen molar-refractivity contribution in [3.05, 3.63) is 78.4 Å². The molecule has 6 heteroatoms. The van der Waals surface area contributed by atoms with E-state index < -0.39 is 0 Å². The van der Waals surface area contributed by atoms with Gasteiger partial charge in [-0.2, -0.15) is 0 Å². The minimum Gasteiger partial charge on any atom is -0.506 e. The second kappa shape index (κ2) is 10.00. The van der Waals surface area contributed by atoms with E-state index in [2.05, 4.69) is 22.3 Å². The van der Waals surface area contributed by atoms with Gasteiger partial charge in [0.2, 0.25) is 0 Å². The van der Waals surface area contributed by atoms with E-state index in [1.807, 2.05) is 54.6 Å². The number of nitrogens with zero attached hydrogens (tertiary/aromatic N) is 2. The second-order valence-corrected chi connectivity index (χ2v) is 7.27. The molecule has 0 saturated carbocycles. The summed E-state index contributed by atoms with van der Waals surface area (Å²) in [5.74, 6) is 1.69. The molecule has 6 nitrogen and oxygen atoms in total. The van der Waals surface area contributed by atoms with Crippen LogP contribution in [0.2, 0.25) is 0 Å². The number of methoxy groups -OCH3 is 1. The Morgan fingerprint density at radius 2 is 1.74 bits per heavy atom. The number of hydrogen-bond donors (Lipinski definition) is 2. The molecule has 1 heterocycles. The van der Waals surface area contributed by atoms with Gasteiger partial charge >= 0.3 is 0 Å². The number of morpholine rings is 1. The molecule has 0 atom stereocenters. The molecule has 0 spiro atoms. The largest absolute Gasteiger partial charge is 0.506 e. The van der Waals surface area contributed by atoms with Crippen LogP contribution in [-0.4, -0.2) is 49.4 Å². The van der Waals surface area contributed by atoms with Crippen molar-refractivity contribution in [3.8, 4) is 22.6 Å². The molecule has 160 valence electrons. The van der Waals surface area contributed by atoms with Crippen LogP contribution in [0.4, 0.5) is 5.69 Å². The molecule has 3 aromatic rings. The molecule has 1 saturated heterocycles. The Hall–Kier alpha value is -3.51. The van der Waals surface area contributed by atoms with Gasteiger partial charge in [0.05, 0.1) is 32.6 Å². The standard InChI is InChI=1S/C25H27N3O3/c1-30-24-10-6-5-9-21(24)18-26-25(28-13-15-31-16-14-28)27-22-17-20(11-12-23(22)29)19-7-3-2-4-8-19/h2-12,17,29H,13-16,18H2,1H3,(H,26,27). The molecule has 0 bridgehead atoms. The summed E-state index contributed by atoms with van der Waals surface area (Å²) in [6, 6.07) is 23.5. The molecule has 0 unspecified atom stereocenters. The summed E-state index contributed by atoms with van der Waals surface area (Å²) in [6.07, 6.45) is 0. The lowest BCUT2D eigenvalue weighted by Crippen LogP contribution is -2.44. The highest BCUT2D eigenvalue weighted by atomic mass is 16.5. The van der Waals surface area contributed by atoms with Crippen LogP contribution >= 0.6 is 0 Å². The Morgan fingerprint density at radius 3 is 2.52 bits per heavy atom. The topological polar surface area (TPSA) is 66.3 Å². The van der Waals surface area contributed by atoms with E-state index in [0.29, 0.717) is 31.4 Å². The van der Waals surface area contributed by atoms with Crippen LogP contribution in [-0.2, 0) is 11.3 Å². The van der Waals surface area contributed by atoms with Crippen LogP contribution in [0, 0.1) is 0 Å². The number of ether oxygens (including phenoxy) is 2. The minimum atomic E-state index is 0.179. The number of guanidine groups is 1. The van der Waals surface area contributed by atoms with E-state index in [1.165, 1.54) is 0 Å². The summed E-state index contributed by atoms with van der Waals surface area (Å²) in [7, 11) is 1.66. The highest BCUT2D eigenvalue weighted by Crippen LogP contribution is 2.30. The van der Waals surface area contributed by atoms with Gasteiger partial charge in [-0.1, -0.05) is 54.6 Å². The molecule has 4 rings (SSSR count). The normalized spacial score (nSPS) is 14.4. The summed E-state index contributed by atoms with van der Waals surface area (Å²) in [5.41, 5.74) is 3.72. The lowest BCUT2D eigenvalue weighted by molar-refractivity contribution is 0.0679. The molecule has 0 aliphatic carbocycles. The summed E-state index contributed by atoms with van der Waals surface area (Å²) >= 11 is 0. The van der Waals surface area contributed by atoms with Crippen molar-refractivity contribution < 1.29 is 14.6 Å². The van der Waals surface area contributed by atoms with E-state index in [9.17, 15) is 5.11 Å². The van der Waals surface area contributed by atoms with Crippen molar-refractivity contribution in [1.82, 2.24) is 4.90 Å². The van der Waals surface area contributed by atoms with Crippen LogP contribution in [0.25, 0.3) is 11.1 Å². The van der Waals surface area contributed by atoms with E-state index in [4.69, 9.17) is 14.5 Å². The van der Waals surface area contributed by atoms with Crippen molar-refractivity contribution in [2.24, 2.45) is 4.99 Å². The number of anilines is 1. The van der Waals surface area contributed by atoms with Gasteiger partial charge in [-0.3, -0.25) is 0 Å². The molecular weight excluding hydrogens is 390 g/mol. The maximum absolute atomic E-state index is 10.5. The summed E-state index contributed by atoms with van der Waals surface area (Å²) in [6.45, 7) is 3.22. The molecule has 1 aliphatic rings. The van der Waals surface area contributed by atoms with Crippen molar-refractivity contribution in [2.75, 3.05) is 38.7 Å². The first-order chi connectivity index (χ1) is 15.2. The highest BCUT2D eigenvalue weighted by Gasteiger charge is 2.17. The number of phenols is 1. The summed E-state index contributed by atoms with van der Waals surface area (Å²) in [5, 5.41) is 13.9.